The van der Waals surface area contributed by atoms with Crippen LogP contribution >= 0.6 is 11.3 Å². The highest BCUT2D eigenvalue weighted by Crippen LogP contribution is 2.28. The van der Waals surface area contributed by atoms with Gasteiger partial charge in [0.25, 0.3) is 0 Å². The van der Waals surface area contributed by atoms with Crippen molar-refractivity contribution in [1.29, 1.82) is 0 Å². The Hall–Kier alpha value is -3.26. The van der Waals surface area contributed by atoms with Crippen LogP contribution in [0.25, 0.3) is 10.4 Å². The molecule has 0 aliphatic rings. The van der Waals surface area contributed by atoms with Crippen LogP contribution in [0.4, 0.5) is 11.6 Å². The molecule has 0 aliphatic carbocycles. The summed E-state index contributed by atoms with van der Waals surface area (Å²) < 4.78 is 7.53. The summed E-state index contributed by atoms with van der Waals surface area (Å²) in [7, 11) is 1.88. The summed E-state index contributed by atoms with van der Waals surface area (Å²) in [5.41, 5.74) is 5.98. The number of ether oxygens (including phenoxy) is 1. The monoisotopic (exact) mass is 378 g/mol. The van der Waals surface area contributed by atoms with E-state index in [-0.39, 0.29) is 0 Å². The first-order valence-electron chi connectivity index (χ1n) is 8.38. The molecule has 0 saturated carbocycles. The van der Waals surface area contributed by atoms with Crippen molar-refractivity contribution in [2.75, 3.05) is 5.32 Å². The highest BCUT2D eigenvalue weighted by Gasteiger charge is 2.07. The quantitative estimate of drug-likeness (QED) is 0.547. The van der Waals surface area contributed by atoms with Gasteiger partial charge in [-0.05, 0) is 36.2 Å². The van der Waals surface area contributed by atoms with Crippen molar-refractivity contribution < 1.29 is 4.74 Å². The number of anilines is 2. The highest BCUT2D eigenvalue weighted by atomic mass is 32.1. The van der Waals surface area contributed by atoms with Gasteiger partial charge in [-0.25, -0.2) is 4.98 Å². The van der Waals surface area contributed by atoms with Crippen LogP contribution in [-0.4, -0.2) is 24.7 Å². The summed E-state index contributed by atoms with van der Waals surface area (Å²) in [4.78, 5) is 14.0. The predicted molar refractivity (Wildman–Crippen MR) is 105 cm³/mol. The van der Waals surface area contributed by atoms with Crippen LogP contribution in [0.15, 0.2) is 54.4 Å². The van der Waals surface area contributed by atoms with Crippen LogP contribution in [-0.2, 0) is 13.7 Å². The van der Waals surface area contributed by atoms with Gasteiger partial charge in [0.1, 0.15) is 6.61 Å². The van der Waals surface area contributed by atoms with E-state index in [4.69, 9.17) is 4.74 Å². The Kier molecular flexibility index (Phi) is 4.80. The number of nitrogens with zero attached hydrogens (tertiary/aromatic N) is 5. The molecule has 0 aliphatic heterocycles. The number of benzene rings is 1. The Balaban J connectivity index is 1.50. The number of rotatable bonds is 6. The largest absolute Gasteiger partial charge is 0.471 e. The predicted octanol–water partition coefficient (Wildman–Crippen LogP) is 3.96. The van der Waals surface area contributed by atoms with Crippen molar-refractivity contribution in [3.8, 4) is 16.3 Å². The lowest BCUT2D eigenvalue weighted by atomic mass is 10.1. The molecule has 0 unspecified atom stereocenters. The topological polar surface area (TPSA) is 77.8 Å². The fourth-order valence-corrected chi connectivity index (χ4v) is 3.27. The molecule has 0 bridgehead atoms. The van der Waals surface area contributed by atoms with Crippen molar-refractivity contribution in [1.82, 2.24) is 24.7 Å². The van der Waals surface area contributed by atoms with Crippen LogP contribution < -0.4 is 10.1 Å². The fraction of sp³-hybridized carbons (Fsp3) is 0.158. The van der Waals surface area contributed by atoms with Gasteiger partial charge in [-0.1, -0.05) is 6.07 Å². The van der Waals surface area contributed by atoms with Crippen LogP contribution in [0, 0.1) is 6.92 Å². The van der Waals surface area contributed by atoms with E-state index in [9.17, 15) is 0 Å². The zero-order valence-electron chi connectivity index (χ0n) is 15.0. The van der Waals surface area contributed by atoms with Crippen molar-refractivity contribution in [3.05, 3.63) is 65.7 Å². The molecule has 0 fully saturated rings. The van der Waals surface area contributed by atoms with Gasteiger partial charge in [-0.15, -0.1) is 11.3 Å². The van der Waals surface area contributed by atoms with Crippen LogP contribution in [0.3, 0.4) is 0 Å². The molecular formula is C19H18N6OS. The van der Waals surface area contributed by atoms with Gasteiger partial charge in [0.05, 0.1) is 16.1 Å². The Morgan fingerprint density at radius 3 is 2.89 bits per heavy atom. The van der Waals surface area contributed by atoms with Gasteiger partial charge in [0, 0.05) is 37.4 Å². The lowest BCUT2D eigenvalue weighted by molar-refractivity contribution is 0.283. The molecular weight excluding hydrogens is 360 g/mol. The summed E-state index contributed by atoms with van der Waals surface area (Å²) in [6.07, 6.45) is 5.28. The number of hydrogen-bond donors (Lipinski definition) is 1. The zero-order chi connectivity index (χ0) is 18.6. The molecule has 0 spiro atoms. The van der Waals surface area contributed by atoms with Gasteiger partial charge < -0.3 is 10.1 Å². The van der Waals surface area contributed by atoms with Crippen molar-refractivity contribution in [3.63, 3.8) is 0 Å². The van der Waals surface area contributed by atoms with E-state index in [0.29, 0.717) is 18.4 Å². The first-order chi connectivity index (χ1) is 13.2. The Morgan fingerprint density at radius 2 is 2.11 bits per heavy atom. The normalized spacial score (nSPS) is 10.7. The SMILES string of the molecule is Cc1cc(Nc2nccc(OCc3ccnn3C)n2)cc(-c2cncs2)c1. The number of nitrogens with one attached hydrogen (secondary N) is 1. The number of aryl methyl sites for hydroxylation is 2. The molecule has 0 amide bonds. The smallest absolute Gasteiger partial charge is 0.230 e. The van der Waals surface area contributed by atoms with E-state index in [0.717, 1.165) is 27.4 Å². The van der Waals surface area contributed by atoms with Gasteiger partial charge in [-0.3, -0.25) is 9.67 Å². The Labute approximate surface area is 160 Å². The zero-order valence-corrected chi connectivity index (χ0v) is 15.8. The standard InChI is InChI=1S/C19H18N6OS/c1-13-7-14(17-10-20-12-27-17)9-15(8-13)23-19-21-5-4-18(24-19)26-11-16-3-6-22-25(16)2/h3-10,12H,11H2,1-2H3,(H,21,23,24). The summed E-state index contributed by atoms with van der Waals surface area (Å²) in [6, 6.07) is 9.89. The van der Waals surface area contributed by atoms with Gasteiger partial charge in [-0.2, -0.15) is 10.1 Å². The van der Waals surface area contributed by atoms with E-state index in [1.54, 1.807) is 34.5 Å². The first-order valence-corrected chi connectivity index (χ1v) is 9.26. The lowest BCUT2D eigenvalue weighted by Crippen LogP contribution is -2.05. The third kappa shape index (κ3) is 4.12. The Bertz CT molecular complexity index is 1040. The lowest BCUT2D eigenvalue weighted by Gasteiger charge is -2.10. The maximum Gasteiger partial charge on any atom is 0.230 e. The average Bonchev–Trinajstić information content (AvgIpc) is 3.32. The highest BCUT2D eigenvalue weighted by molar-refractivity contribution is 7.13. The molecule has 3 aromatic heterocycles. The van der Waals surface area contributed by atoms with Crippen molar-refractivity contribution in [2.24, 2.45) is 7.05 Å². The summed E-state index contributed by atoms with van der Waals surface area (Å²) in [5, 5.41) is 7.38. The van der Waals surface area contributed by atoms with Gasteiger partial charge in [0.15, 0.2) is 0 Å². The molecule has 4 rings (SSSR count). The fourth-order valence-electron chi connectivity index (χ4n) is 2.66. The minimum Gasteiger partial charge on any atom is -0.471 e. The maximum absolute atomic E-state index is 5.76. The summed E-state index contributed by atoms with van der Waals surface area (Å²) in [5.74, 6) is 0.988. The Morgan fingerprint density at radius 1 is 1.19 bits per heavy atom. The molecule has 0 radical (unpaired) electrons. The van der Waals surface area contributed by atoms with Crippen LogP contribution in [0.5, 0.6) is 5.88 Å². The molecule has 0 atom stereocenters. The van der Waals surface area contributed by atoms with E-state index in [2.05, 4.69) is 50.5 Å². The summed E-state index contributed by atoms with van der Waals surface area (Å²) in [6.45, 7) is 2.46. The van der Waals surface area contributed by atoms with E-state index in [1.165, 1.54) is 0 Å². The van der Waals surface area contributed by atoms with E-state index >= 15 is 0 Å². The van der Waals surface area contributed by atoms with Crippen molar-refractivity contribution in [2.45, 2.75) is 13.5 Å². The third-order valence-corrected chi connectivity index (χ3v) is 4.79. The average molecular weight is 378 g/mol. The molecule has 1 N–H and O–H groups in total. The second-order valence-corrected chi connectivity index (χ2v) is 6.92. The minimum atomic E-state index is 0.396. The van der Waals surface area contributed by atoms with E-state index < -0.39 is 0 Å². The molecule has 7 nitrogen and oxygen atoms in total. The maximum atomic E-state index is 5.76. The van der Waals surface area contributed by atoms with Crippen molar-refractivity contribution >= 4 is 23.0 Å². The molecule has 136 valence electrons. The molecule has 4 aromatic rings. The molecule has 27 heavy (non-hydrogen) atoms. The third-order valence-electron chi connectivity index (χ3n) is 3.97. The first kappa shape index (κ1) is 17.2. The molecule has 8 heteroatoms. The van der Waals surface area contributed by atoms with Crippen LogP contribution in [0.2, 0.25) is 0 Å². The minimum absolute atomic E-state index is 0.396. The molecule has 0 saturated heterocycles. The van der Waals surface area contributed by atoms with E-state index in [1.807, 2.05) is 24.8 Å². The number of aromatic nitrogens is 5. The number of thiazole rings is 1. The summed E-state index contributed by atoms with van der Waals surface area (Å²) >= 11 is 1.61. The van der Waals surface area contributed by atoms with Gasteiger partial charge >= 0.3 is 0 Å². The van der Waals surface area contributed by atoms with Gasteiger partial charge in [0.2, 0.25) is 11.8 Å². The second kappa shape index (κ2) is 7.55. The molecule has 1 aromatic carbocycles. The van der Waals surface area contributed by atoms with Crippen LogP contribution in [0.1, 0.15) is 11.3 Å². The number of hydrogen-bond acceptors (Lipinski definition) is 7. The second-order valence-electron chi connectivity index (χ2n) is 6.03. The molecule has 3 heterocycles.